The fraction of sp³-hybridized carbons (Fsp3) is 0.185. The van der Waals surface area contributed by atoms with E-state index in [1.807, 2.05) is 24.3 Å². The van der Waals surface area contributed by atoms with E-state index in [0.29, 0.717) is 40.0 Å². The van der Waals surface area contributed by atoms with Gasteiger partial charge in [0.05, 0.1) is 5.75 Å². The lowest BCUT2D eigenvalue weighted by Gasteiger charge is -2.16. The number of amides is 1. The monoisotopic (exact) mass is 529 g/mol. The van der Waals surface area contributed by atoms with Gasteiger partial charge < -0.3 is 14.5 Å². The van der Waals surface area contributed by atoms with Crippen molar-refractivity contribution < 1.29 is 22.8 Å². The first-order chi connectivity index (χ1) is 18.3. The number of rotatable bonds is 6. The van der Waals surface area contributed by atoms with Crippen LogP contribution in [0.4, 0.5) is 0 Å². The van der Waals surface area contributed by atoms with Crippen LogP contribution in [0.25, 0.3) is 33.5 Å². The molecule has 1 N–H and O–H groups in total. The maximum Gasteiger partial charge on any atom is 0.262 e. The number of aromatic nitrogens is 4. The average Bonchev–Trinajstić information content (AvgIpc) is 3.64. The van der Waals surface area contributed by atoms with Gasteiger partial charge in [0.15, 0.2) is 11.4 Å². The van der Waals surface area contributed by atoms with Gasteiger partial charge >= 0.3 is 0 Å². The van der Waals surface area contributed by atoms with Crippen molar-refractivity contribution in [1.82, 2.24) is 24.0 Å². The molecule has 2 aromatic carbocycles. The number of hydrogen-bond donors (Lipinski definition) is 1. The van der Waals surface area contributed by atoms with Crippen molar-refractivity contribution in [3.05, 3.63) is 90.6 Å². The van der Waals surface area contributed by atoms with Crippen molar-refractivity contribution >= 4 is 27.1 Å². The van der Waals surface area contributed by atoms with Crippen LogP contribution in [0.15, 0.2) is 83.8 Å². The van der Waals surface area contributed by atoms with Crippen LogP contribution in [-0.4, -0.2) is 57.0 Å². The van der Waals surface area contributed by atoms with Crippen molar-refractivity contribution in [2.45, 2.75) is 17.8 Å². The molecule has 0 bridgehead atoms. The minimum atomic E-state index is -3.79. The molecule has 11 heteroatoms. The Hall–Kier alpha value is -4.35. The van der Waals surface area contributed by atoms with E-state index in [-0.39, 0.29) is 23.6 Å². The second kappa shape index (κ2) is 8.89. The molecule has 3 aromatic heterocycles. The average molecular weight is 530 g/mol. The van der Waals surface area contributed by atoms with E-state index in [1.54, 1.807) is 43.4 Å². The summed E-state index contributed by atoms with van der Waals surface area (Å²) in [5, 5.41) is 15.0. The Morgan fingerprint density at radius 3 is 2.55 bits per heavy atom. The van der Waals surface area contributed by atoms with Gasteiger partial charge in [-0.2, -0.15) is 0 Å². The van der Waals surface area contributed by atoms with Crippen molar-refractivity contribution in [2.24, 2.45) is 0 Å². The van der Waals surface area contributed by atoms with Crippen molar-refractivity contribution in [3.63, 3.8) is 0 Å². The third-order valence-corrected chi connectivity index (χ3v) is 8.35. The summed E-state index contributed by atoms with van der Waals surface area (Å²) in [6, 6.07) is 17.8. The molecule has 0 aliphatic carbocycles. The van der Waals surface area contributed by atoms with Gasteiger partial charge in [0, 0.05) is 55.8 Å². The topological polar surface area (TPSA) is 131 Å². The lowest BCUT2D eigenvalue weighted by molar-refractivity contribution is -0.144. The summed E-state index contributed by atoms with van der Waals surface area (Å²) in [6.45, 7) is 0.416. The molecule has 0 radical (unpaired) electrons. The van der Waals surface area contributed by atoms with Gasteiger partial charge in [0.25, 0.3) is 5.91 Å². The summed E-state index contributed by atoms with van der Waals surface area (Å²) in [7, 11) is -2.16. The first-order valence-electron chi connectivity index (χ1n) is 11.9. The molecule has 1 saturated heterocycles. The molecular formula is C27H23N5O5S. The fourth-order valence-corrected chi connectivity index (χ4v) is 6.15. The van der Waals surface area contributed by atoms with Crippen LogP contribution < -0.4 is 0 Å². The third-order valence-electron chi connectivity index (χ3n) is 6.78. The Labute approximate surface area is 218 Å². The molecule has 10 nitrogen and oxygen atoms in total. The third kappa shape index (κ3) is 3.96. The summed E-state index contributed by atoms with van der Waals surface area (Å²) in [5.74, 6) is -0.537. The summed E-state index contributed by atoms with van der Waals surface area (Å²) < 4.78 is 33.3. The van der Waals surface area contributed by atoms with Gasteiger partial charge in [0.1, 0.15) is 11.2 Å². The Kier molecular flexibility index (Phi) is 5.62. The highest BCUT2D eigenvalue weighted by Crippen LogP contribution is 2.36. The lowest BCUT2D eigenvalue weighted by Crippen LogP contribution is -2.35. The normalized spacial score (nSPS) is 17.9. The van der Waals surface area contributed by atoms with Gasteiger partial charge in [-0.3, -0.25) is 9.78 Å². The van der Waals surface area contributed by atoms with Crippen LogP contribution in [0.5, 0.6) is 0 Å². The number of likely N-dealkylation sites (tertiary alicyclic amines) is 1. The Balaban J connectivity index is 1.39. The lowest BCUT2D eigenvalue weighted by atomic mass is 9.97. The van der Waals surface area contributed by atoms with E-state index in [9.17, 15) is 18.3 Å². The van der Waals surface area contributed by atoms with Crippen LogP contribution >= 0.6 is 0 Å². The van der Waals surface area contributed by atoms with Gasteiger partial charge in [-0.25, -0.2) is 17.4 Å². The number of carbonyl (C=O) groups is 1. The number of carbonyl (C=O) groups excluding carboxylic acids is 1. The highest BCUT2D eigenvalue weighted by atomic mass is 32.2. The van der Waals surface area contributed by atoms with Gasteiger partial charge in [-0.1, -0.05) is 53.7 Å². The van der Waals surface area contributed by atoms with Gasteiger partial charge in [-0.05, 0) is 17.2 Å². The summed E-state index contributed by atoms with van der Waals surface area (Å²) in [4.78, 5) is 22.6. The molecule has 1 fully saturated rings. The summed E-state index contributed by atoms with van der Waals surface area (Å²) in [6.07, 6.45) is 4.73. The largest absolute Gasteiger partial charge is 0.373 e. The SMILES string of the molecule is CN1CC[C@@](O)(c2cc(-c3cccc(-c4cn(S(=O)(=O)Cc5ccccc5)c5nccnc45)c3)no2)C1=O. The van der Waals surface area contributed by atoms with Crippen molar-refractivity contribution in [1.29, 1.82) is 0 Å². The highest BCUT2D eigenvalue weighted by molar-refractivity contribution is 7.89. The standard InChI is InChI=1S/C27H23N5O5S/c1-31-13-10-27(34,26(31)33)23-15-22(30-37-23)20-9-5-8-19(14-20)21-16-32(25-24(21)28-11-12-29-25)38(35,36)17-18-6-3-2-4-7-18/h2-9,11-12,14-16,34H,10,13,17H2,1H3/t27-/m1/s1. The molecule has 1 aliphatic heterocycles. The predicted octanol–water partition coefficient (Wildman–Crippen LogP) is 3.18. The molecule has 1 aliphatic rings. The quantitative estimate of drug-likeness (QED) is 0.355. The molecule has 192 valence electrons. The molecule has 0 spiro atoms. The molecule has 0 unspecified atom stereocenters. The Bertz CT molecular complexity index is 1780. The first-order valence-corrected chi connectivity index (χ1v) is 13.5. The van der Waals surface area contributed by atoms with E-state index < -0.39 is 21.5 Å². The molecule has 6 rings (SSSR count). The zero-order chi connectivity index (χ0) is 26.5. The molecule has 5 aromatic rings. The van der Waals surface area contributed by atoms with Crippen LogP contribution in [-0.2, 0) is 26.2 Å². The van der Waals surface area contributed by atoms with E-state index >= 15 is 0 Å². The molecule has 38 heavy (non-hydrogen) atoms. The van der Waals surface area contributed by atoms with E-state index in [4.69, 9.17) is 4.52 Å². The van der Waals surface area contributed by atoms with Crippen molar-refractivity contribution in [2.75, 3.05) is 13.6 Å². The van der Waals surface area contributed by atoms with Crippen LogP contribution in [0, 0.1) is 0 Å². The highest BCUT2D eigenvalue weighted by Gasteiger charge is 2.48. The molecule has 1 atom stereocenters. The number of fused-ring (bicyclic) bond motifs is 1. The second-order valence-electron chi connectivity index (χ2n) is 9.30. The molecular weight excluding hydrogens is 506 g/mol. The van der Waals surface area contributed by atoms with E-state index in [2.05, 4.69) is 15.1 Å². The van der Waals surface area contributed by atoms with Crippen LogP contribution in [0.1, 0.15) is 17.7 Å². The number of benzene rings is 2. The zero-order valence-corrected chi connectivity index (χ0v) is 21.2. The van der Waals surface area contributed by atoms with Gasteiger partial charge in [-0.15, -0.1) is 0 Å². The fourth-order valence-electron chi connectivity index (χ4n) is 4.73. The smallest absolute Gasteiger partial charge is 0.262 e. The minimum absolute atomic E-state index is 0.0849. The minimum Gasteiger partial charge on any atom is -0.373 e. The van der Waals surface area contributed by atoms with Gasteiger partial charge in [0.2, 0.25) is 15.6 Å². The number of aliphatic hydroxyl groups is 1. The first kappa shape index (κ1) is 24.0. The second-order valence-corrected chi connectivity index (χ2v) is 11.1. The van der Waals surface area contributed by atoms with Crippen LogP contribution in [0.2, 0.25) is 0 Å². The van der Waals surface area contributed by atoms with E-state index in [0.717, 1.165) is 0 Å². The molecule has 0 saturated carbocycles. The summed E-state index contributed by atoms with van der Waals surface area (Å²) >= 11 is 0. The van der Waals surface area contributed by atoms with Crippen LogP contribution in [0.3, 0.4) is 0 Å². The Morgan fingerprint density at radius 2 is 1.79 bits per heavy atom. The Morgan fingerprint density at radius 1 is 1.03 bits per heavy atom. The maximum atomic E-state index is 13.4. The predicted molar refractivity (Wildman–Crippen MR) is 139 cm³/mol. The number of likely N-dealkylation sites (N-methyl/N-ethyl adjacent to an activating group) is 1. The molecule has 1 amide bonds. The zero-order valence-electron chi connectivity index (χ0n) is 20.4. The molecule has 4 heterocycles. The number of nitrogens with zero attached hydrogens (tertiary/aromatic N) is 5. The summed E-state index contributed by atoms with van der Waals surface area (Å²) in [5.41, 5.74) is 1.98. The number of hydrogen-bond acceptors (Lipinski definition) is 8. The van der Waals surface area contributed by atoms with E-state index in [1.165, 1.54) is 27.5 Å². The maximum absolute atomic E-state index is 13.4. The van der Waals surface area contributed by atoms with Crippen molar-refractivity contribution in [3.8, 4) is 22.4 Å².